The molecule has 2 N–H and O–H groups in total. The standard InChI is InChI=1S/C26H28F5N7O3/c27-18(7-9-37-10-8-19(23(28)25(37)41)34-22(39)11-16-3-1-2-4-16)14-38-15-20(35-36-38)24(40)33-13-17-5-6-21(32-12-17)26(29,30)31/h5-6,8,10,12,15-16,18H,1-4,7,9,11,13-14H2,(H,33,40)(H,34,39). The molecule has 2 amide bonds. The van der Waals surface area contributed by atoms with Crippen molar-refractivity contribution in [2.24, 2.45) is 5.92 Å². The molecule has 0 spiro atoms. The van der Waals surface area contributed by atoms with Crippen molar-refractivity contribution in [3.63, 3.8) is 0 Å². The number of amides is 2. The first-order chi connectivity index (χ1) is 19.5. The van der Waals surface area contributed by atoms with Gasteiger partial charge in [0.15, 0.2) is 5.69 Å². The van der Waals surface area contributed by atoms with Crippen molar-refractivity contribution in [1.82, 2.24) is 29.9 Å². The highest BCUT2D eigenvalue weighted by molar-refractivity contribution is 5.92. The van der Waals surface area contributed by atoms with E-state index in [1.807, 2.05) is 0 Å². The fraction of sp³-hybridized carbons (Fsp3) is 0.462. The summed E-state index contributed by atoms with van der Waals surface area (Å²) in [6, 6.07) is 3.24. The second-order valence-corrected chi connectivity index (χ2v) is 9.89. The summed E-state index contributed by atoms with van der Waals surface area (Å²) in [5.74, 6) is -1.89. The predicted molar refractivity (Wildman–Crippen MR) is 136 cm³/mol. The largest absolute Gasteiger partial charge is 0.433 e. The molecule has 3 heterocycles. The predicted octanol–water partition coefficient (Wildman–Crippen LogP) is 3.87. The molecule has 1 fully saturated rings. The third-order valence-corrected chi connectivity index (χ3v) is 6.74. The molecule has 1 aliphatic rings. The van der Waals surface area contributed by atoms with Crippen molar-refractivity contribution in [1.29, 1.82) is 0 Å². The molecule has 1 aliphatic carbocycles. The molecule has 0 bridgehead atoms. The maximum atomic E-state index is 14.6. The zero-order chi connectivity index (χ0) is 29.6. The Bertz CT molecular complexity index is 1420. The summed E-state index contributed by atoms with van der Waals surface area (Å²) in [7, 11) is 0. The van der Waals surface area contributed by atoms with Crippen molar-refractivity contribution in [2.45, 2.75) is 70.5 Å². The van der Waals surface area contributed by atoms with E-state index in [1.165, 1.54) is 24.5 Å². The Labute approximate surface area is 231 Å². The normalized spacial score (nSPS) is 14.7. The third kappa shape index (κ3) is 8.17. The van der Waals surface area contributed by atoms with E-state index in [1.54, 1.807) is 0 Å². The van der Waals surface area contributed by atoms with Crippen LogP contribution in [0.4, 0.5) is 27.6 Å². The highest BCUT2D eigenvalue weighted by atomic mass is 19.4. The molecule has 0 aliphatic heterocycles. The van der Waals surface area contributed by atoms with Gasteiger partial charge in [-0.25, -0.2) is 9.07 Å². The maximum absolute atomic E-state index is 14.6. The second kappa shape index (κ2) is 13.0. The van der Waals surface area contributed by atoms with Crippen molar-refractivity contribution >= 4 is 17.5 Å². The zero-order valence-corrected chi connectivity index (χ0v) is 21.8. The lowest BCUT2D eigenvalue weighted by Crippen LogP contribution is -2.27. The van der Waals surface area contributed by atoms with Crippen LogP contribution in [0.3, 0.4) is 0 Å². The van der Waals surface area contributed by atoms with Crippen LogP contribution in [0.2, 0.25) is 0 Å². The minimum atomic E-state index is -4.57. The van der Waals surface area contributed by atoms with Crippen molar-refractivity contribution in [3.05, 3.63) is 69.9 Å². The van der Waals surface area contributed by atoms with Gasteiger partial charge in [0, 0.05) is 31.9 Å². The Morgan fingerprint density at radius 3 is 2.59 bits per heavy atom. The van der Waals surface area contributed by atoms with Gasteiger partial charge in [0.25, 0.3) is 11.5 Å². The smallest absolute Gasteiger partial charge is 0.346 e. The molecule has 0 aromatic carbocycles. The van der Waals surface area contributed by atoms with Gasteiger partial charge in [0.05, 0.1) is 18.4 Å². The molecule has 4 rings (SSSR count). The van der Waals surface area contributed by atoms with Crippen LogP contribution >= 0.6 is 0 Å². The van der Waals surface area contributed by atoms with E-state index in [9.17, 15) is 36.3 Å². The van der Waals surface area contributed by atoms with E-state index in [0.717, 1.165) is 47.2 Å². The summed E-state index contributed by atoms with van der Waals surface area (Å²) >= 11 is 0. The lowest BCUT2D eigenvalue weighted by atomic mass is 10.0. The van der Waals surface area contributed by atoms with Crippen LogP contribution < -0.4 is 16.2 Å². The number of carbonyl (C=O) groups excluding carboxylic acids is 2. The van der Waals surface area contributed by atoms with E-state index in [0.29, 0.717) is 5.56 Å². The second-order valence-electron chi connectivity index (χ2n) is 9.89. The highest BCUT2D eigenvalue weighted by Crippen LogP contribution is 2.28. The average Bonchev–Trinajstić information content (AvgIpc) is 3.61. The number of aryl methyl sites for hydroxylation is 1. The van der Waals surface area contributed by atoms with Crippen LogP contribution in [-0.2, 0) is 30.6 Å². The van der Waals surface area contributed by atoms with Gasteiger partial charge in [-0.15, -0.1) is 5.10 Å². The topological polar surface area (TPSA) is 124 Å². The van der Waals surface area contributed by atoms with Gasteiger partial charge in [-0.3, -0.25) is 19.4 Å². The Balaban J connectivity index is 1.24. The molecule has 1 saturated carbocycles. The number of hydrogen-bond donors (Lipinski definition) is 2. The summed E-state index contributed by atoms with van der Waals surface area (Å²) in [5, 5.41) is 12.3. The minimum absolute atomic E-state index is 0.114. The first kappa shape index (κ1) is 29.8. The van der Waals surface area contributed by atoms with E-state index in [2.05, 4.69) is 25.9 Å². The summed E-state index contributed by atoms with van der Waals surface area (Å²) in [6.07, 6.45) is 1.52. The first-order valence-electron chi connectivity index (χ1n) is 13.0. The Hall–Kier alpha value is -4.17. The van der Waals surface area contributed by atoms with Gasteiger partial charge in [0.1, 0.15) is 11.9 Å². The Morgan fingerprint density at radius 2 is 1.90 bits per heavy atom. The number of nitrogens with one attached hydrogen (secondary N) is 2. The van der Waals surface area contributed by atoms with E-state index < -0.39 is 35.3 Å². The van der Waals surface area contributed by atoms with Gasteiger partial charge in [-0.05, 0) is 42.9 Å². The van der Waals surface area contributed by atoms with E-state index in [-0.39, 0.29) is 55.7 Å². The number of pyridine rings is 2. The molecule has 3 aromatic rings. The Kier molecular flexibility index (Phi) is 9.45. The zero-order valence-electron chi connectivity index (χ0n) is 21.8. The summed E-state index contributed by atoms with van der Waals surface area (Å²) < 4.78 is 69.1. The number of halogens is 5. The SMILES string of the molecule is O=C(CC1CCCC1)Nc1ccn(CCC(F)Cn2cc(C(=O)NCc3ccc(C(F)(F)F)nc3)nn2)c(=O)c1F. The summed E-state index contributed by atoms with van der Waals surface area (Å²) in [6.45, 7) is -0.553. The Morgan fingerprint density at radius 1 is 1.15 bits per heavy atom. The van der Waals surface area contributed by atoms with Gasteiger partial charge in [-0.2, -0.15) is 17.6 Å². The fourth-order valence-electron chi connectivity index (χ4n) is 4.53. The summed E-state index contributed by atoms with van der Waals surface area (Å²) in [4.78, 5) is 40.2. The van der Waals surface area contributed by atoms with Crippen LogP contribution in [0.5, 0.6) is 0 Å². The molecular weight excluding hydrogens is 553 g/mol. The van der Waals surface area contributed by atoms with Gasteiger partial charge < -0.3 is 15.2 Å². The number of nitrogens with zero attached hydrogens (tertiary/aromatic N) is 5. The van der Waals surface area contributed by atoms with Gasteiger partial charge in [0.2, 0.25) is 11.7 Å². The van der Waals surface area contributed by atoms with Crippen LogP contribution in [0.15, 0.2) is 41.6 Å². The third-order valence-electron chi connectivity index (χ3n) is 6.74. The molecule has 1 atom stereocenters. The monoisotopic (exact) mass is 581 g/mol. The highest BCUT2D eigenvalue weighted by Gasteiger charge is 2.32. The average molecular weight is 582 g/mol. The number of anilines is 1. The number of alkyl halides is 4. The van der Waals surface area contributed by atoms with E-state index in [4.69, 9.17) is 0 Å². The number of hydrogen-bond acceptors (Lipinski definition) is 6. The summed E-state index contributed by atoms with van der Waals surface area (Å²) in [5.41, 5.74) is -2.07. The molecular formula is C26H28F5N7O3. The molecule has 10 nitrogen and oxygen atoms in total. The van der Waals surface area contributed by atoms with Crippen LogP contribution in [0, 0.1) is 11.7 Å². The molecule has 3 aromatic heterocycles. The molecule has 0 radical (unpaired) electrons. The number of rotatable bonds is 11. The van der Waals surface area contributed by atoms with Crippen LogP contribution in [0.1, 0.15) is 60.3 Å². The molecule has 15 heteroatoms. The molecule has 220 valence electrons. The van der Waals surface area contributed by atoms with Crippen LogP contribution in [-0.4, -0.2) is 42.5 Å². The van der Waals surface area contributed by atoms with Gasteiger partial charge in [-0.1, -0.05) is 24.1 Å². The number of carbonyl (C=O) groups is 2. The minimum Gasteiger partial charge on any atom is -0.346 e. The lowest BCUT2D eigenvalue weighted by Gasteiger charge is -2.13. The quantitative estimate of drug-likeness (QED) is 0.332. The van der Waals surface area contributed by atoms with Crippen molar-refractivity contribution < 1.29 is 31.5 Å². The first-order valence-corrected chi connectivity index (χ1v) is 13.0. The number of aromatic nitrogens is 5. The molecule has 0 saturated heterocycles. The lowest BCUT2D eigenvalue weighted by molar-refractivity contribution is -0.141. The molecule has 41 heavy (non-hydrogen) atoms. The maximum Gasteiger partial charge on any atom is 0.433 e. The van der Waals surface area contributed by atoms with E-state index >= 15 is 0 Å². The van der Waals surface area contributed by atoms with Crippen molar-refractivity contribution in [2.75, 3.05) is 5.32 Å². The molecule has 1 unspecified atom stereocenters. The fourth-order valence-corrected chi connectivity index (χ4v) is 4.53. The van der Waals surface area contributed by atoms with Crippen LogP contribution in [0.25, 0.3) is 0 Å². The van der Waals surface area contributed by atoms with Crippen molar-refractivity contribution in [3.8, 4) is 0 Å². The van der Waals surface area contributed by atoms with Gasteiger partial charge >= 0.3 is 6.18 Å².